The zero-order chi connectivity index (χ0) is 9.68. The van der Waals surface area contributed by atoms with E-state index in [9.17, 15) is 0 Å². The monoisotopic (exact) mass is 199 g/mol. The van der Waals surface area contributed by atoms with Crippen molar-refractivity contribution in [3.63, 3.8) is 0 Å². The Morgan fingerprint density at radius 1 is 1.54 bits per heavy atom. The quantitative estimate of drug-likeness (QED) is 0.756. The zero-order valence-electron chi connectivity index (χ0n) is 8.16. The number of hydrogen-bond donors (Lipinski definition) is 2. The van der Waals surface area contributed by atoms with Crippen LogP contribution in [0.5, 0.6) is 0 Å². The molecule has 1 aromatic heterocycles. The lowest BCUT2D eigenvalue weighted by atomic mass is 10.1. The minimum Gasteiger partial charge on any atom is -0.392 e. The molecule has 1 aromatic rings. The maximum Gasteiger partial charge on any atom is 0.0636 e. The highest BCUT2D eigenvalue weighted by molar-refractivity contribution is 7.07. The predicted octanol–water partition coefficient (Wildman–Crippen LogP) is 1.65. The van der Waals surface area contributed by atoms with Gasteiger partial charge in [-0.05, 0) is 42.7 Å². The summed E-state index contributed by atoms with van der Waals surface area (Å²) in [5.74, 6) is 0. The van der Waals surface area contributed by atoms with Crippen LogP contribution >= 0.6 is 11.3 Å². The van der Waals surface area contributed by atoms with Crippen LogP contribution in [0.2, 0.25) is 0 Å². The normalized spacial score (nSPS) is 15.6. The van der Waals surface area contributed by atoms with Gasteiger partial charge in [0.2, 0.25) is 0 Å². The SMILES string of the molecule is CC(Cc1ccsc1)NC[C@@H](C)O. The van der Waals surface area contributed by atoms with E-state index in [1.54, 1.807) is 18.3 Å². The minimum absolute atomic E-state index is 0.259. The van der Waals surface area contributed by atoms with Crippen LogP contribution in [0.15, 0.2) is 16.8 Å². The Bertz CT molecular complexity index is 221. The zero-order valence-corrected chi connectivity index (χ0v) is 8.97. The molecular formula is C10H17NOS. The molecule has 3 heteroatoms. The van der Waals surface area contributed by atoms with E-state index in [-0.39, 0.29) is 6.10 Å². The third-order valence-electron chi connectivity index (χ3n) is 1.88. The van der Waals surface area contributed by atoms with E-state index < -0.39 is 0 Å². The summed E-state index contributed by atoms with van der Waals surface area (Å²) in [5, 5.41) is 16.6. The van der Waals surface area contributed by atoms with Crippen LogP contribution < -0.4 is 5.32 Å². The van der Waals surface area contributed by atoms with E-state index >= 15 is 0 Å². The van der Waals surface area contributed by atoms with Crippen LogP contribution in [-0.4, -0.2) is 23.8 Å². The number of aliphatic hydroxyl groups excluding tert-OH is 1. The molecule has 2 atom stereocenters. The highest BCUT2D eigenvalue weighted by Gasteiger charge is 2.04. The second-order valence-corrected chi connectivity index (χ2v) is 4.27. The van der Waals surface area contributed by atoms with E-state index in [0.29, 0.717) is 12.6 Å². The highest BCUT2D eigenvalue weighted by atomic mass is 32.1. The summed E-state index contributed by atoms with van der Waals surface area (Å²) in [4.78, 5) is 0. The standard InChI is InChI=1S/C10H17NOS/c1-8(11-6-9(2)12)5-10-3-4-13-7-10/h3-4,7-9,11-12H,5-6H2,1-2H3/t8?,9-/m1/s1. The molecule has 0 aliphatic carbocycles. The van der Waals surface area contributed by atoms with E-state index in [1.165, 1.54) is 5.56 Å². The number of nitrogens with one attached hydrogen (secondary N) is 1. The van der Waals surface area contributed by atoms with Gasteiger partial charge >= 0.3 is 0 Å². The molecular weight excluding hydrogens is 182 g/mol. The first-order valence-corrected chi connectivity index (χ1v) is 5.55. The molecule has 13 heavy (non-hydrogen) atoms. The smallest absolute Gasteiger partial charge is 0.0636 e. The largest absolute Gasteiger partial charge is 0.392 e. The molecule has 2 N–H and O–H groups in total. The Morgan fingerprint density at radius 2 is 2.31 bits per heavy atom. The van der Waals surface area contributed by atoms with Gasteiger partial charge in [-0.3, -0.25) is 0 Å². The maximum atomic E-state index is 9.07. The summed E-state index contributed by atoms with van der Waals surface area (Å²) >= 11 is 1.73. The number of aliphatic hydroxyl groups is 1. The summed E-state index contributed by atoms with van der Waals surface area (Å²) in [6.07, 6.45) is 0.779. The van der Waals surface area contributed by atoms with Crippen molar-refractivity contribution in [1.29, 1.82) is 0 Å². The molecule has 0 fully saturated rings. The van der Waals surface area contributed by atoms with Crippen LogP contribution in [0.4, 0.5) is 0 Å². The van der Waals surface area contributed by atoms with Crippen molar-refractivity contribution in [2.45, 2.75) is 32.4 Å². The van der Waals surface area contributed by atoms with Gasteiger partial charge < -0.3 is 10.4 Å². The molecule has 0 amide bonds. The molecule has 0 spiro atoms. The van der Waals surface area contributed by atoms with Crippen LogP contribution in [0, 0.1) is 0 Å². The molecule has 2 nitrogen and oxygen atoms in total. The summed E-state index contributed by atoms with van der Waals surface area (Å²) in [5.41, 5.74) is 1.37. The number of hydrogen-bond acceptors (Lipinski definition) is 3. The predicted molar refractivity (Wildman–Crippen MR) is 57.2 cm³/mol. The van der Waals surface area contributed by atoms with Crippen molar-refractivity contribution in [1.82, 2.24) is 5.32 Å². The topological polar surface area (TPSA) is 32.3 Å². The van der Waals surface area contributed by atoms with Crippen LogP contribution in [0.3, 0.4) is 0 Å². The van der Waals surface area contributed by atoms with Gasteiger partial charge in [0.05, 0.1) is 6.10 Å². The van der Waals surface area contributed by atoms with Gasteiger partial charge in [-0.15, -0.1) is 0 Å². The lowest BCUT2D eigenvalue weighted by Crippen LogP contribution is -2.33. The van der Waals surface area contributed by atoms with Crippen molar-refractivity contribution < 1.29 is 5.11 Å². The second kappa shape index (κ2) is 5.37. The third kappa shape index (κ3) is 4.41. The third-order valence-corrected chi connectivity index (χ3v) is 2.62. The molecule has 1 rings (SSSR count). The molecule has 0 radical (unpaired) electrons. The van der Waals surface area contributed by atoms with Crippen molar-refractivity contribution in [2.75, 3.05) is 6.54 Å². The van der Waals surface area contributed by atoms with E-state index in [4.69, 9.17) is 5.11 Å². The van der Waals surface area contributed by atoms with Gasteiger partial charge in [0, 0.05) is 12.6 Å². The van der Waals surface area contributed by atoms with Crippen molar-refractivity contribution in [3.05, 3.63) is 22.4 Å². The van der Waals surface area contributed by atoms with Gasteiger partial charge in [0.25, 0.3) is 0 Å². The van der Waals surface area contributed by atoms with E-state index in [1.807, 2.05) is 0 Å². The van der Waals surface area contributed by atoms with Crippen LogP contribution in [0.25, 0.3) is 0 Å². The van der Waals surface area contributed by atoms with E-state index in [0.717, 1.165) is 6.42 Å². The fourth-order valence-corrected chi connectivity index (χ4v) is 1.89. The summed E-state index contributed by atoms with van der Waals surface area (Å²) in [6.45, 7) is 4.61. The second-order valence-electron chi connectivity index (χ2n) is 3.49. The molecule has 74 valence electrons. The van der Waals surface area contributed by atoms with Gasteiger partial charge in [-0.2, -0.15) is 11.3 Å². The number of thiophene rings is 1. The van der Waals surface area contributed by atoms with Gasteiger partial charge in [-0.25, -0.2) is 0 Å². The summed E-state index contributed by atoms with van der Waals surface area (Å²) in [6, 6.07) is 2.58. The lowest BCUT2D eigenvalue weighted by molar-refractivity contribution is 0.187. The van der Waals surface area contributed by atoms with Crippen molar-refractivity contribution in [3.8, 4) is 0 Å². The Morgan fingerprint density at radius 3 is 2.85 bits per heavy atom. The Balaban J connectivity index is 2.22. The van der Waals surface area contributed by atoms with Gasteiger partial charge in [-0.1, -0.05) is 0 Å². The molecule has 0 aromatic carbocycles. The van der Waals surface area contributed by atoms with Gasteiger partial charge in [0.15, 0.2) is 0 Å². The van der Waals surface area contributed by atoms with Gasteiger partial charge in [0.1, 0.15) is 0 Å². The molecule has 0 aliphatic heterocycles. The number of rotatable bonds is 5. The highest BCUT2D eigenvalue weighted by Crippen LogP contribution is 2.08. The van der Waals surface area contributed by atoms with Crippen LogP contribution in [0.1, 0.15) is 19.4 Å². The average Bonchev–Trinajstić information content (AvgIpc) is 2.53. The molecule has 0 saturated heterocycles. The Labute approximate surface area is 83.6 Å². The van der Waals surface area contributed by atoms with Crippen molar-refractivity contribution >= 4 is 11.3 Å². The average molecular weight is 199 g/mol. The molecule has 0 saturated carbocycles. The molecule has 0 bridgehead atoms. The lowest BCUT2D eigenvalue weighted by Gasteiger charge is -2.14. The minimum atomic E-state index is -0.259. The molecule has 1 unspecified atom stereocenters. The van der Waals surface area contributed by atoms with Crippen LogP contribution in [-0.2, 0) is 6.42 Å². The van der Waals surface area contributed by atoms with E-state index in [2.05, 4.69) is 29.1 Å². The first-order valence-electron chi connectivity index (χ1n) is 4.61. The first-order chi connectivity index (χ1) is 6.18. The Hall–Kier alpha value is -0.380. The molecule has 1 heterocycles. The summed E-state index contributed by atoms with van der Waals surface area (Å²) < 4.78 is 0. The Kier molecular flexibility index (Phi) is 4.42. The molecule has 0 aliphatic rings. The van der Waals surface area contributed by atoms with Crippen molar-refractivity contribution in [2.24, 2.45) is 0 Å². The maximum absolute atomic E-state index is 9.07. The fourth-order valence-electron chi connectivity index (χ4n) is 1.21. The summed E-state index contributed by atoms with van der Waals surface area (Å²) in [7, 11) is 0. The first kappa shape index (κ1) is 10.7. The fraction of sp³-hybridized carbons (Fsp3) is 0.600.